The number of carbonyl (C=O) groups excluding carboxylic acids is 1. The number of nitrogens with one attached hydrogen (secondary N) is 1. The Kier molecular flexibility index (Phi) is 6.06. The van der Waals surface area contributed by atoms with Gasteiger partial charge in [0.1, 0.15) is 0 Å². The molecule has 0 aromatic carbocycles. The maximum atomic E-state index is 12.7. The summed E-state index contributed by atoms with van der Waals surface area (Å²) in [6.45, 7) is 16.4. The summed E-state index contributed by atoms with van der Waals surface area (Å²) in [6, 6.07) is 0.0173. The Morgan fingerprint density at radius 2 is 1.85 bits per heavy atom. The zero-order chi connectivity index (χ0) is 15.5. The molecule has 1 heterocycles. The van der Waals surface area contributed by atoms with Crippen molar-refractivity contribution in [3.63, 3.8) is 0 Å². The lowest BCUT2D eigenvalue weighted by Crippen LogP contribution is -2.40. The molecule has 0 aromatic heterocycles. The molecule has 0 aromatic rings. The van der Waals surface area contributed by atoms with Crippen molar-refractivity contribution in [1.82, 2.24) is 10.2 Å². The van der Waals surface area contributed by atoms with Crippen molar-refractivity contribution in [2.24, 2.45) is 17.3 Å². The monoisotopic (exact) mass is 282 g/mol. The van der Waals surface area contributed by atoms with E-state index in [-0.39, 0.29) is 17.6 Å². The smallest absolute Gasteiger partial charge is 0.241 e. The van der Waals surface area contributed by atoms with Crippen LogP contribution in [-0.4, -0.2) is 29.6 Å². The summed E-state index contributed by atoms with van der Waals surface area (Å²) in [4.78, 5) is 14.8. The molecule has 1 fully saturated rings. The minimum atomic E-state index is 0.0173. The predicted molar refractivity (Wildman–Crippen MR) is 85.4 cm³/mol. The normalized spacial score (nSPS) is 25.6. The van der Waals surface area contributed by atoms with Gasteiger partial charge in [-0.3, -0.25) is 10.1 Å². The second kappa shape index (κ2) is 6.93. The first-order valence-electron chi connectivity index (χ1n) is 8.22. The lowest BCUT2D eigenvalue weighted by atomic mass is 9.92. The molecule has 3 heteroatoms. The molecule has 118 valence electrons. The zero-order valence-corrected chi connectivity index (χ0v) is 14.5. The Bertz CT molecular complexity index is 319. The van der Waals surface area contributed by atoms with Gasteiger partial charge < -0.3 is 4.90 Å². The fraction of sp³-hybridized carbons (Fsp3) is 0.941. The molecule has 1 saturated heterocycles. The van der Waals surface area contributed by atoms with Crippen LogP contribution >= 0.6 is 0 Å². The van der Waals surface area contributed by atoms with E-state index < -0.39 is 0 Å². The van der Waals surface area contributed by atoms with E-state index in [4.69, 9.17) is 0 Å². The molecule has 1 amide bonds. The summed E-state index contributed by atoms with van der Waals surface area (Å²) in [5, 5.41) is 3.59. The Hall–Kier alpha value is -0.570. The van der Waals surface area contributed by atoms with E-state index in [1.807, 2.05) is 0 Å². The summed E-state index contributed by atoms with van der Waals surface area (Å²) < 4.78 is 0. The average Bonchev–Trinajstić information content (AvgIpc) is 2.61. The minimum absolute atomic E-state index is 0.0173. The van der Waals surface area contributed by atoms with Crippen LogP contribution in [0.25, 0.3) is 0 Å². The molecule has 0 spiro atoms. The highest BCUT2D eigenvalue weighted by Gasteiger charge is 2.40. The first-order chi connectivity index (χ1) is 9.15. The van der Waals surface area contributed by atoms with E-state index in [0.717, 1.165) is 25.8 Å². The van der Waals surface area contributed by atoms with E-state index in [2.05, 4.69) is 58.7 Å². The standard InChI is InChI=1S/C17H34N2O/c1-8-13(4)15-16(20)19(10-9-17(5,6)7)14(18-15)11-12(2)3/h12-15,18H,8-11H2,1-7H3. The van der Waals surface area contributed by atoms with Gasteiger partial charge in [0.15, 0.2) is 0 Å². The molecule has 3 atom stereocenters. The third kappa shape index (κ3) is 4.76. The van der Waals surface area contributed by atoms with Gasteiger partial charge >= 0.3 is 0 Å². The quantitative estimate of drug-likeness (QED) is 0.806. The summed E-state index contributed by atoms with van der Waals surface area (Å²) in [5.41, 5.74) is 0.275. The SMILES string of the molecule is CCC(C)C1NC(CC(C)C)N(CCC(C)(C)C)C1=O. The Labute approximate surface area is 125 Å². The van der Waals surface area contributed by atoms with Gasteiger partial charge in [0.2, 0.25) is 5.91 Å². The highest BCUT2D eigenvalue weighted by atomic mass is 16.2. The van der Waals surface area contributed by atoms with Crippen LogP contribution in [0.1, 0.15) is 67.7 Å². The largest absolute Gasteiger partial charge is 0.326 e. The number of rotatable bonds is 6. The highest BCUT2D eigenvalue weighted by Crippen LogP contribution is 2.26. The Morgan fingerprint density at radius 3 is 2.30 bits per heavy atom. The van der Waals surface area contributed by atoms with E-state index in [1.54, 1.807) is 0 Å². The van der Waals surface area contributed by atoms with Gasteiger partial charge in [0.05, 0.1) is 12.2 Å². The van der Waals surface area contributed by atoms with Crippen molar-refractivity contribution in [2.75, 3.05) is 6.54 Å². The topological polar surface area (TPSA) is 32.3 Å². The van der Waals surface area contributed by atoms with Gasteiger partial charge in [-0.1, -0.05) is 54.9 Å². The van der Waals surface area contributed by atoms with Crippen LogP contribution in [0.15, 0.2) is 0 Å². The fourth-order valence-corrected chi connectivity index (χ4v) is 2.71. The molecular weight excluding hydrogens is 248 g/mol. The average molecular weight is 282 g/mol. The van der Waals surface area contributed by atoms with Gasteiger partial charge in [-0.15, -0.1) is 0 Å². The lowest BCUT2D eigenvalue weighted by molar-refractivity contribution is -0.131. The predicted octanol–water partition coefficient (Wildman–Crippen LogP) is 3.64. The molecule has 20 heavy (non-hydrogen) atoms. The molecule has 0 bridgehead atoms. The van der Waals surface area contributed by atoms with E-state index in [1.165, 1.54) is 0 Å². The second-order valence-electron chi connectivity index (χ2n) is 8.02. The van der Waals surface area contributed by atoms with Crippen LogP contribution in [0.2, 0.25) is 0 Å². The molecule has 1 aliphatic heterocycles. The van der Waals surface area contributed by atoms with E-state index in [9.17, 15) is 4.79 Å². The van der Waals surface area contributed by atoms with Crippen molar-refractivity contribution < 1.29 is 4.79 Å². The summed E-state index contributed by atoms with van der Waals surface area (Å²) in [7, 11) is 0. The van der Waals surface area contributed by atoms with Crippen LogP contribution in [-0.2, 0) is 4.79 Å². The molecular formula is C17H34N2O. The van der Waals surface area contributed by atoms with Crippen LogP contribution in [0.4, 0.5) is 0 Å². The number of carbonyl (C=O) groups is 1. The van der Waals surface area contributed by atoms with Gasteiger partial charge in [-0.05, 0) is 30.1 Å². The van der Waals surface area contributed by atoms with Crippen molar-refractivity contribution in [3.05, 3.63) is 0 Å². The second-order valence-corrected chi connectivity index (χ2v) is 8.02. The zero-order valence-electron chi connectivity index (χ0n) is 14.5. The maximum absolute atomic E-state index is 12.7. The molecule has 0 aliphatic carbocycles. The third-order valence-electron chi connectivity index (χ3n) is 4.31. The number of hydrogen-bond donors (Lipinski definition) is 1. The molecule has 3 unspecified atom stereocenters. The summed E-state index contributed by atoms with van der Waals surface area (Å²) >= 11 is 0. The van der Waals surface area contributed by atoms with Crippen molar-refractivity contribution in [2.45, 2.75) is 79.9 Å². The van der Waals surface area contributed by atoms with Gasteiger partial charge in [0.25, 0.3) is 0 Å². The Morgan fingerprint density at radius 1 is 1.25 bits per heavy atom. The van der Waals surface area contributed by atoms with Crippen molar-refractivity contribution >= 4 is 5.91 Å². The summed E-state index contributed by atoms with van der Waals surface area (Å²) in [5.74, 6) is 1.33. The first kappa shape index (κ1) is 17.5. The van der Waals surface area contributed by atoms with Crippen LogP contribution in [0.5, 0.6) is 0 Å². The molecule has 1 N–H and O–H groups in total. The van der Waals surface area contributed by atoms with E-state index >= 15 is 0 Å². The van der Waals surface area contributed by atoms with Crippen LogP contribution in [0, 0.1) is 17.3 Å². The van der Waals surface area contributed by atoms with Gasteiger partial charge in [-0.2, -0.15) is 0 Å². The fourth-order valence-electron chi connectivity index (χ4n) is 2.71. The third-order valence-corrected chi connectivity index (χ3v) is 4.31. The maximum Gasteiger partial charge on any atom is 0.241 e. The van der Waals surface area contributed by atoms with E-state index in [0.29, 0.717) is 17.7 Å². The number of nitrogens with zero attached hydrogens (tertiary/aromatic N) is 1. The van der Waals surface area contributed by atoms with Crippen molar-refractivity contribution in [3.8, 4) is 0 Å². The molecule has 1 aliphatic rings. The van der Waals surface area contributed by atoms with Crippen molar-refractivity contribution in [1.29, 1.82) is 0 Å². The van der Waals surface area contributed by atoms with Gasteiger partial charge in [0, 0.05) is 6.54 Å². The molecule has 0 saturated carbocycles. The molecule has 0 radical (unpaired) electrons. The summed E-state index contributed by atoms with van der Waals surface area (Å²) in [6.07, 6.45) is 3.37. The molecule has 1 rings (SSSR count). The van der Waals surface area contributed by atoms with Gasteiger partial charge in [-0.25, -0.2) is 0 Å². The van der Waals surface area contributed by atoms with Crippen LogP contribution in [0.3, 0.4) is 0 Å². The molecule has 3 nitrogen and oxygen atoms in total. The minimum Gasteiger partial charge on any atom is -0.326 e. The van der Waals surface area contributed by atoms with Crippen LogP contribution < -0.4 is 5.32 Å². The number of amides is 1. The Balaban J connectivity index is 2.77. The number of hydrogen-bond acceptors (Lipinski definition) is 2. The highest BCUT2D eigenvalue weighted by molar-refractivity contribution is 5.84. The lowest BCUT2D eigenvalue weighted by Gasteiger charge is -2.28. The first-order valence-corrected chi connectivity index (χ1v) is 8.22.